The molecule has 1 aliphatic heterocycles. The third-order valence-corrected chi connectivity index (χ3v) is 3.78. The number of hydrogen-bond acceptors (Lipinski definition) is 4. The minimum Gasteiger partial charge on any atom is -0.396 e. The Bertz CT molecular complexity index is 218. The first-order valence-corrected chi connectivity index (χ1v) is 7.22. The summed E-state index contributed by atoms with van der Waals surface area (Å²) < 4.78 is 0. The number of aliphatic hydroxyl groups is 1. The molecule has 0 aliphatic carbocycles. The number of thioether (sulfide) groups is 1. The van der Waals surface area contributed by atoms with Crippen LogP contribution in [0.5, 0.6) is 0 Å². The fourth-order valence-electron chi connectivity index (χ4n) is 1.94. The number of piperidine rings is 1. The van der Waals surface area contributed by atoms with E-state index >= 15 is 0 Å². The van der Waals surface area contributed by atoms with Crippen LogP contribution >= 0.6 is 11.8 Å². The Kier molecular flexibility index (Phi) is 6.16. The molecule has 0 bridgehead atoms. The quantitative estimate of drug-likeness (QED) is 0.732. The molecule has 1 amide bonds. The summed E-state index contributed by atoms with van der Waals surface area (Å²) in [5.74, 6) is 1.37. The van der Waals surface area contributed by atoms with E-state index in [9.17, 15) is 4.79 Å². The largest absolute Gasteiger partial charge is 0.396 e. The Morgan fingerprint density at radius 1 is 1.56 bits per heavy atom. The molecule has 1 fully saturated rings. The molecule has 0 unspecified atom stereocenters. The van der Waals surface area contributed by atoms with Gasteiger partial charge in [-0.15, -0.1) is 0 Å². The number of rotatable bonds is 5. The van der Waals surface area contributed by atoms with Gasteiger partial charge in [-0.25, -0.2) is 0 Å². The molecule has 4 nitrogen and oxygen atoms in total. The molecule has 0 radical (unpaired) electrons. The molecule has 1 rings (SSSR count). The van der Waals surface area contributed by atoms with Crippen LogP contribution in [0.2, 0.25) is 0 Å². The normalized spacial score (nSPS) is 19.8. The van der Waals surface area contributed by atoms with Gasteiger partial charge in [-0.1, -0.05) is 0 Å². The van der Waals surface area contributed by atoms with Gasteiger partial charge >= 0.3 is 0 Å². The zero-order valence-corrected chi connectivity index (χ0v) is 10.7. The minimum absolute atomic E-state index is 0.0745. The minimum atomic E-state index is -0.349. The number of likely N-dealkylation sites (tertiary alicyclic amines) is 1. The van der Waals surface area contributed by atoms with Gasteiger partial charge in [-0.05, 0) is 37.2 Å². The third kappa shape index (κ3) is 3.96. The third-order valence-electron chi connectivity index (χ3n) is 3.13. The summed E-state index contributed by atoms with van der Waals surface area (Å²) in [5, 5.41) is 9.01. The summed E-state index contributed by atoms with van der Waals surface area (Å²) in [6, 6.07) is -0.349. The van der Waals surface area contributed by atoms with Gasteiger partial charge < -0.3 is 15.7 Å². The molecule has 0 spiro atoms. The van der Waals surface area contributed by atoms with Crippen molar-refractivity contribution in [2.24, 2.45) is 11.7 Å². The monoisotopic (exact) mass is 246 g/mol. The van der Waals surface area contributed by atoms with Crippen molar-refractivity contribution in [3.63, 3.8) is 0 Å². The molecule has 3 N–H and O–H groups in total. The lowest BCUT2D eigenvalue weighted by atomic mass is 9.97. The number of aliphatic hydroxyl groups excluding tert-OH is 1. The van der Waals surface area contributed by atoms with Crippen LogP contribution in [0.25, 0.3) is 0 Å². The highest BCUT2D eigenvalue weighted by atomic mass is 32.2. The molecule has 1 aliphatic rings. The molecule has 1 heterocycles. The highest BCUT2D eigenvalue weighted by Crippen LogP contribution is 2.17. The average Bonchev–Trinajstić information content (AvgIpc) is 2.35. The molecule has 0 aromatic rings. The molecular weight excluding hydrogens is 224 g/mol. The number of nitrogens with zero attached hydrogens (tertiary/aromatic N) is 1. The van der Waals surface area contributed by atoms with Crippen molar-refractivity contribution in [1.29, 1.82) is 0 Å². The van der Waals surface area contributed by atoms with Gasteiger partial charge in [-0.2, -0.15) is 11.8 Å². The second-order valence-electron chi connectivity index (χ2n) is 4.34. The molecule has 16 heavy (non-hydrogen) atoms. The van der Waals surface area contributed by atoms with E-state index in [1.165, 1.54) is 0 Å². The van der Waals surface area contributed by atoms with E-state index in [0.29, 0.717) is 5.92 Å². The maximum Gasteiger partial charge on any atom is 0.239 e. The summed E-state index contributed by atoms with van der Waals surface area (Å²) >= 11 is 1.71. The van der Waals surface area contributed by atoms with Crippen molar-refractivity contribution in [3.8, 4) is 0 Å². The van der Waals surface area contributed by atoms with Crippen LogP contribution in [-0.2, 0) is 4.79 Å². The second-order valence-corrected chi connectivity index (χ2v) is 5.32. The predicted octanol–water partition coefficient (Wildman–Crippen LogP) is 0.298. The van der Waals surface area contributed by atoms with Crippen molar-refractivity contribution in [2.45, 2.75) is 25.3 Å². The molecule has 1 saturated heterocycles. The summed E-state index contributed by atoms with van der Waals surface area (Å²) in [7, 11) is 0. The van der Waals surface area contributed by atoms with Crippen LogP contribution in [0, 0.1) is 5.92 Å². The van der Waals surface area contributed by atoms with Crippen LogP contribution in [0.1, 0.15) is 19.3 Å². The Hall–Kier alpha value is -0.260. The van der Waals surface area contributed by atoms with E-state index < -0.39 is 0 Å². The molecule has 5 heteroatoms. The number of carbonyl (C=O) groups excluding carboxylic acids is 1. The van der Waals surface area contributed by atoms with Gasteiger partial charge in [0.1, 0.15) is 0 Å². The van der Waals surface area contributed by atoms with Gasteiger partial charge in [0.25, 0.3) is 0 Å². The maximum absolute atomic E-state index is 11.9. The summed E-state index contributed by atoms with van der Waals surface area (Å²) in [6.45, 7) is 1.73. The lowest BCUT2D eigenvalue weighted by molar-refractivity contribution is -0.134. The van der Waals surface area contributed by atoms with Gasteiger partial charge in [0.05, 0.1) is 6.04 Å². The summed E-state index contributed by atoms with van der Waals surface area (Å²) in [4.78, 5) is 13.8. The van der Waals surface area contributed by atoms with Crippen LogP contribution in [0.3, 0.4) is 0 Å². The van der Waals surface area contributed by atoms with Crippen LogP contribution in [-0.4, -0.2) is 53.7 Å². The highest BCUT2D eigenvalue weighted by molar-refractivity contribution is 7.98. The Morgan fingerprint density at radius 2 is 2.19 bits per heavy atom. The van der Waals surface area contributed by atoms with Crippen molar-refractivity contribution in [3.05, 3.63) is 0 Å². The Morgan fingerprint density at radius 3 is 2.69 bits per heavy atom. The SMILES string of the molecule is CSCC[C@H](N)C(=O)N1CCC(CO)CC1. The van der Waals surface area contributed by atoms with Crippen molar-refractivity contribution in [1.82, 2.24) is 4.90 Å². The zero-order valence-electron chi connectivity index (χ0n) is 9.89. The summed E-state index contributed by atoms with van der Waals surface area (Å²) in [6.07, 6.45) is 4.57. The Labute approximate surface area is 102 Å². The predicted molar refractivity (Wildman–Crippen MR) is 67.4 cm³/mol. The number of amides is 1. The van der Waals surface area contributed by atoms with Crippen molar-refractivity contribution in [2.75, 3.05) is 31.7 Å². The van der Waals surface area contributed by atoms with E-state index in [2.05, 4.69) is 0 Å². The second kappa shape index (κ2) is 7.14. The molecule has 94 valence electrons. The van der Waals surface area contributed by atoms with Gasteiger partial charge in [-0.3, -0.25) is 4.79 Å². The fraction of sp³-hybridized carbons (Fsp3) is 0.909. The number of nitrogens with two attached hydrogens (primary N) is 1. The van der Waals surface area contributed by atoms with Gasteiger partial charge in [0.15, 0.2) is 0 Å². The lowest BCUT2D eigenvalue weighted by Crippen LogP contribution is -2.47. The first-order chi connectivity index (χ1) is 7.69. The maximum atomic E-state index is 11.9. The molecule has 0 saturated carbocycles. The number of carbonyl (C=O) groups is 1. The first kappa shape index (κ1) is 13.8. The first-order valence-electron chi connectivity index (χ1n) is 5.83. The highest BCUT2D eigenvalue weighted by Gasteiger charge is 2.25. The van der Waals surface area contributed by atoms with E-state index in [1.54, 1.807) is 11.8 Å². The zero-order chi connectivity index (χ0) is 12.0. The van der Waals surface area contributed by atoms with Crippen molar-refractivity contribution < 1.29 is 9.90 Å². The average molecular weight is 246 g/mol. The van der Waals surface area contributed by atoms with E-state index in [0.717, 1.165) is 38.1 Å². The van der Waals surface area contributed by atoms with E-state index in [4.69, 9.17) is 10.8 Å². The lowest BCUT2D eigenvalue weighted by Gasteiger charge is -2.32. The molecule has 1 atom stereocenters. The fourth-order valence-corrected chi connectivity index (χ4v) is 2.43. The number of hydrogen-bond donors (Lipinski definition) is 2. The smallest absolute Gasteiger partial charge is 0.239 e. The van der Waals surface area contributed by atoms with Crippen molar-refractivity contribution >= 4 is 17.7 Å². The van der Waals surface area contributed by atoms with Crippen LogP contribution < -0.4 is 5.73 Å². The topological polar surface area (TPSA) is 66.6 Å². The molecule has 0 aromatic carbocycles. The van der Waals surface area contributed by atoms with Crippen LogP contribution in [0.15, 0.2) is 0 Å². The van der Waals surface area contributed by atoms with Gasteiger partial charge in [0.2, 0.25) is 5.91 Å². The Balaban J connectivity index is 2.32. The van der Waals surface area contributed by atoms with E-state index in [1.807, 2.05) is 11.2 Å². The van der Waals surface area contributed by atoms with E-state index in [-0.39, 0.29) is 18.6 Å². The van der Waals surface area contributed by atoms with Gasteiger partial charge in [0, 0.05) is 19.7 Å². The van der Waals surface area contributed by atoms with Crippen LogP contribution in [0.4, 0.5) is 0 Å². The summed E-state index contributed by atoms with van der Waals surface area (Å²) in [5.41, 5.74) is 5.85. The molecular formula is C11H22N2O2S. The molecule has 0 aromatic heterocycles. The standard InChI is InChI=1S/C11H22N2O2S/c1-16-7-4-10(12)11(15)13-5-2-9(8-14)3-6-13/h9-10,14H,2-8,12H2,1H3/t10-/m0/s1.